The number of aromatic nitrogens is 2. The van der Waals surface area contributed by atoms with E-state index in [2.05, 4.69) is 5.10 Å². The van der Waals surface area contributed by atoms with E-state index in [1.807, 2.05) is 36.1 Å². The van der Waals surface area contributed by atoms with Crippen LogP contribution in [0.15, 0.2) is 36.5 Å². The van der Waals surface area contributed by atoms with Crippen molar-refractivity contribution < 1.29 is 19.4 Å². The number of ether oxygens (including phenoxy) is 2. The van der Waals surface area contributed by atoms with Crippen molar-refractivity contribution in [1.82, 2.24) is 14.7 Å². The highest BCUT2D eigenvalue weighted by molar-refractivity contribution is 5.92. The number of para-hydroxylation sites is 2. The number of aryl methyl sites for hydroxylation is 1. The van der Waals surface area contributed by atoms with Crippen LogP contribution in [0.2, 0.25) is 0 Å². The fourth-order valence-corrected chi connectivity index (χ4v) is 4.49. The van der Waals surface area contributed by atoms with Gasteiger partial charge in [-0.1, -0.05) is 12.1 Å². The van der Waals surface area contributed by atoms with E-state index in [0.29, 0.717) is 55.1 Å². The maximum absolute atomic E-state index is 12.9. The molecule has 0 spiro atoms. The van der Waals surface area contributed by atoms with Crippen LogP contribution in [0.1, 0.15) is 30.3 Å². The van der Waals surface area contributed by atoms with Gasteiger partial charge in [-0.3, -0.25) is 9.48 Å². The van der Waals surface area contributed by atoms with Crippen LogP contribution in [0, 0.1) is 11.8 Å². The van der Waals surface area contributed by atoms with E-state index in [0.717, 1.165) is 6.42 Å². The Morgan fingerprint density at radius 3 is 2.61 bits per heavy atom. The Morgan fingerprint density at radius 2 is 1.89 bits per heavy atom. The molecule has 4 atom stereocenters. The number of carbonyl (C=O) groups is 1. The number of hydrogen-bond donors (Lipinski definition) is 1. The molecule has 1 aromatic heterocycles. The molecule has 1 amide bonds. The molecule has 1 N–H and O–H groups in total. The van der Waals surface area contributed by atoms with Crippen LogP contribution in [0.5, 0.6) is 11.5 Å². The van der Waals surface area contributed by atoms with Crippen LogP contribution in [0.25, 0.3) is 0 Å². The number of aliphatic hydroxyl groups is 1. The van der Waals surface area contributed by atoms with Crippen molar-refractivity contribution in [3.8, 4) is 11.5 Å². The van der Waals surface area contributed by atoms with Gasteiger partial charge in [0.2, 0.25) is 0 Å². The number of nitrogens with zero attached hydrogens (tertiary/aromatic N) is 3. The molecule has 0 radical (unpaired) electrons. The summed E-state index contributed by atoms with van der Waals surface area (Å²) in [7, 11) is 1.61. The number of methoxy groups -OCH3 is 1. The Morgan fingerprint density at radius 1 is 1.18 bits per heavy atom. The molecule has 0 bridgehead atoms. The van der Waals surface area contributed by atoms with Crippen molar-refractivity contribution >= 4 is 5.91 Å². The highest BCUT2D eigenvalue weighted by atomic mass is 16.5. The number of carbonyl (C=O) groups excluding carboxylic acids is 1. The van der Waals surface area contributed by atoms with Crippen molar-refractivity contribution in [3.05, 3.63) is 42.2 Å². The van der Waals surface area contributed by atoms with E-state index >= 15 is 0 Å². The second-order valence-electron chi connectivity index (χ2n) is 7.61. The molecular weight excluding hydrogens is 358 g/mol. The third-order valence-electron chi connectivity index (χ3n) is 5.95. The first-order valence-electron chi connectivity index (χ1n) is 9.89. The zero-order chi connectivity index (χ0) is 19.7. The minimum Gasteiger partial charge on any atom is -0.493 e. The predicted octanol–water partition coefficient (Wildman–Crippen LogP) is 2.20. The molecule has 2 heterocycles. The smallest absolute Gasteiger partial charge is 0.272 e. The Balaban J connectivity index is 1.44. The van der Waals surface area contributed by atoms with Crippen molar-refractivity contribution in [3.63, 3.8) is 0 Å². The first-order chi connectivity index (χ1) is 13.6. The van der Waals surface area contributed by atoms with Crippen molar-refractivity contribution in [2.45, 2.75) is 38.5 Å². The molecule has 2 fully saturated rings. The maximum Gasteiger partial charge on any atom is 0.272 e. The lowest BCUT2D eigenvalue weighted by atomic mass is 9.78. The van der Waals surface area contributed by atoms with E-state index in [-0.39, 0.29) is 12.0 Å². The maximum atomic E-state index is 12.9. The van der Waals surface area contributed by atoms with Crippen LogP contribution in [-0.4, -0.2) is 58.1 Å². The number of rotatable bonds is 5. The lowest BCUT2D eigenvalue weighted by molar-refractivity contribution is -0.0240. The Hall–Kier alpha value is -2.54. The highest BCUT2D eigenvalue weighted by Gasteiger charge is 2.44. The first kappa shape index (κ1) is 18.8. The van der Waals surface area contributed by atoms with Gasteiger partial charge in [-0.15, -0.1) is 0 Å². The van der Waals surface area contributed by atoms with Crippen molar-refractivity contribution in [2.75, 3.05) is 20.2 Å². The molecular formula is C21H27N3O4. The van der Waals surface area contributed by atoms with Gasteiger partial charge in [0.25, 0.3) is 5.91 Å². The van der Waals surface area contributed by atoms with Crippen molar-refractivity contribution in [2.24, 2.45) is 11.8 Å². The number of hydrogen-bond acceptors (Lipinski definition) is 5. The average molecular weight is 385 g/mol. The molecule has 1 saturated heterocycles. The fourth-order valence-electron chi connectivity index (χ4n) is 4.49. The summed E-state index contributed by atoms with van der Waals surface area (Å²) in [6.07, 6.45) is 2.18. The van der Waals surface area contributed by atoms with Gasteiger partial charge in [0.05, 0.1) is 13.2 Å². The standard InChI is InChI=1S/C21H27N3O4/c1-3-24-16(8-9-22-24)21(26)23-12-14-10-17(25)20(11-15(14)13-23)28-19-7-5-4-6-18(19)27-2/h4-9,14-15,17,20,25H,3,10-13H2,1-2H3/t14-,15+,17+,20+/m0/s1. The molecule has 150 valence electrons. The van der Waals surface area contributed by atoms with Crippen LogP contribution in [0.3, 0.4) is 0 Å². The van der Waals surface area contributed by atoms with Gasteiger partial charge >= 0.3 is 0 Å². The van der Waals surface area contributed by atoms with Crippen LogP contribution < -0.4 is 9.47 Å². The Labute approximate surface area is 164 Å². The molecule has 7 nitrogen and oxygen atoms in total. The van der Waals surface area contributed by atoms with Crippen LogP contribution >= 0.6 is 0 Å². The first-order valence-corrected chi connectivity index (χ1v) is 9.89. The van der Waals surface area contributed by atoms with E-state index < -0.39 is 6.10 Å². The number of aliphatic hydroxyl groups excluding tert-OH is 1. The molecule has 1 saturated carbocycles. The minimum absolute atomic E-state index is 0.0189. The van der Waals surface area contributed by atoms with Crippen LogP contribution in [0.4, 0.5) is 0 Å². The van der Waals surface area contributed by atoms with Crippen LogP contribution in [-0.2, 0) is 6.54 Å². The molecule has 2 aromatic rings. The summed E-state index contributed by atoms with van der Waals surface area (Å²) in [5, 5.41) is 14.9. The summed E-state index contributed by atoms with van der Waals surface area (Å²) in [5.74, 6) is 1.95. The van der Waals surface area contributed by atoms with Gasteiger partial charge in [0, 0.05) is 25.8 Å². The van der Waals surface area contributed by atoms with E-state index in [1.54, 1.807) is 24.1 Å². The second-order valence-corrected chi connectivity index (χ2v) is 7.61. The van der Waals surface area contributed by atoms with Gasteiger partial charge in [-0.2, -0.15) is 5.10 Å². The van der Waals surface area contributed by atoms with Gasteiger partial charge in [-0.25, -0.2) is 0 Å². The zero-order valence-electron chi connectivity index (χ0n) is 16.3. The van der Waals surface area contributed by atoms with E-state index in [4.69, 9.17) is 9.47 Å². The molecule has 7 heteroatoms. The molecule has 1 aromatic carbocycles. The SMILES string of the molecule is CCn1nccc1C(=O)N1C[C@H]2C[C@@H](Oc3ccccc3OC)[C@H](O)C[C@H]2C1. The van der Waals surface area contributed by atoms with Crippen molar-refractivity contribution in [1.29, 1.82) is 0 Å². The quantitative estimate of drug-likeness (QED) is 0.854. The average Bonchev–Trinajstić information content (AvgIpc) is 3.34. The zero-order valence-corrected chi connectivity index (χ0v) is 16.3. The molecule has 1 aliphatic carbocycles. The largest absolute Gasteiger partial charge is 0.493 e. The molecule has 28 heavy (non-hydrogen) atoms. The summed E-state index contributed by atoms with van der Waals surface area (Å²) in [6.45, 7) is 4.01. The summed E-state index contributed by atoms with van der Waals surface area (Å²) in [4.78, 5) is 14.8. The summed E-state index contributed by atoms with van der Waals surface area (Å²) < 4.78 is 13.2. The predicted molar refractivity (Wildman–Crippen MR) is 103 cm³/mol. The fraction of sp³-hybridized carbons (Fsp3) is 0.524. The highest BCUT2D eigenvalue weighted by Crippen LogP contribution is 2.39. The normalized spacial score (nSPS) is 26.8. The van der Waals surface area contributed by atoms with Gasteiger partial charge < -0.3 is 19.5 Å². The Kier molecular flexibility index (Phi) is 5.26. The molecule has 0 unspecified atom stereocenters. The number of amides is 1. The molecule has 2 aliphatic rings. The topological polar surface area (TPSA) is 76.8 Å². The molecule has 4 rings (SSSR count). The lowest BCUT2D eigenvalue weighted by Crippen LogP contribution is -2.42. The molecule has 1 aliphatic heterocycles. The second kappa shape index (κ2) is 7.83. The summed E-state index contributed by atoms with van der Waals surface area (Å²) >= 11 is 0. The lowest BCUT2D eigenvalue weighted by Gasteiger charge is -2.35. The van der Waals surface area contributed by atoms with E-state index in [1.165, 1.54) is 0 Å². The third-order valence-corrected chi connectivity index (χ3v) is 5.95. The third kappa shape index (κ3) is 3.46. The number of benzene rings is 1. The van der Waals surface area contributed by atoms with Gasteiger partial charge in [-0.05, 0) is 49.8 Å². The van der Waals surface area contributed by atoms with Gasteiger partial charge in [0.15, 0.2) is 11.5 Å². The number of fused-ring (bicyclic) bond motifs is 1. The minimum atomic E-state index is -0.553. The number of likely N-dealkylation sites (tertiary alicyclic amines) is 1. The monoisotopic (exact) mass is 385 g/mol. The van der Waals surface area contributed by atoms with Gasteiger partial charge in [0.1, 0.15) is 11.8 Å². The summed E-state index contributed by atoms with van der Waals surface area (Å²) in [6, 6.07) is 9.26. The summed E-state index contributed by atoms with van der Waals surface area (Å²) in [5.41, 5.74) is 0.628. The Bertz CT molecular complexity index is 837. The van der Waals surface area contributed by atoms with E-state index in [9.17, 15) is 9.90 Å².